The normalized spacial score (nSPS) is 11.4. The number of anilines is 2. The zero-order valence-electron chi connectivity index (χ0n) is 12.4. The predicted octanol–water partition coefficient (Wildman–Crippen LogP) is 2.88. The van der Waals surface area contributed by atoms with Crippen LogP contribution < -0.4 is 11.1 Å². The third-order valence-electron chi connectivity index (χ3n) is 3.23. The zero-order valence-corrected chi connectivity index (χ0v) is 12.4. The molecule has 0 amide bonds. The summed E-state index contributed by atoms with van der Waals surface area (Å²) in [5.41, 5.74) is 8.66. The van der Waals surface area contributed by atoms with E-state index in [-0.39, 0.29) is 5.84 Å². The minimum Gasteiger partial charge on any atom is -0.423 e. The molecule has 0 fully saturated rings. The van der Waals surface area contributed by atoms with Crippen LogP contribution in [0.5, 0.6) is 0 Å². The summed E-state index contributed by atoms with van der Waals surface area (Å²) in [6.07, 6.45) is 3.20. The van der Waals surface area contributed by atoms with Gasteiger partial charge in [0.05, 0.1) is 18.1 Å². The summed E-state index contributed by atoms with van der Waals surface area (Å²) in [4.78, 5) is 8.26. The lowest BCUT2D eigenvalue weighted by Crippen LogP contribution is -2.14. The molecule has 23 heavy (non-hydrogen) atoms. The van der Waals surface area contributed by atoms with Gasteiger partial charge in [0.2, 0.25) is 0 Å². The number of benzene rings is 1. The number of oxazole rings is 1. The Morgan fingerprint density at radius 2 is 1.91 bits per heavy atom. The van der Waals surface area contributed by atoms with Crippen LogP contribution in [0.25, 0.3) is 11.3 Å². The van der Waals surface area contributed by atoms with Gasteiger partial charge in [0.1, 0.15) is 5.69 Å². The van der Waals surface area contributed by atoms with Gasteiger partial charge in [-0.15, -0.1) is 0 Å². The van der Waals surface area contributed by atoms with Crippen LogP contribution in [-0.2, 0) is 0 Å². The van der Waals surface area contributed by atoms with Gasteiger partial charge in [-0.1, -0.05) is 35.0 Å². The molecule has 7 heteroatoms. The standard InChI is InChI=1S/C16H15N5O2/c1-10-2-4-11(5-3-10)14-9-19-16(23-14)20-12-6-7-13(18-8-12)15(17)21-22/h2-9,22H,1H3,(H2,17,21)(H,19,20). The van der Waals surface area contributed by atoms with E-state index in [0.29, 0.717) is 23.2 Å². The van der Waals surface area contributed by atoms with Gasteiger partial charge in [0.25, 0.3) is 6.01 Å². The summed E-state index contributed by atoms with van der Waals surface area (Å²) in [5.74, 6) is 0.628. The van der Waals surface area contributed by atoms with Crippen molar-refractivity contribution in [3.8, 4) is 11.3 Å². The monoisotopic (exact) mass is 309 g/mol. The number of hydrogen-bond donors (Lipinski definition) is 3. The van der Waals surface area contributed by atoms with Gasteiger partial charge >= 0.3 is 0 Å². The van der Waals surface area contributed by atoms with Crippen molar-refractivity contribution in [2.24, 2.45) is 10.9 Å². The highest BCUT2D eigenvalue weighted by Gasteiger charge is 2.07. The number of aromatic nitrogens is 2. The van der Waals surface area contributed by atoms with E-state index in [0.717, 1.165) is 5.56 Å². The summed E-state index contributed by atoms with van der Waals surface area (Å²) in [5, 5.41) is 14.5. The van der Waals surface area contributed by atoms with Gasteiger partial charge in [0, 0.05) is 5.56 Å². The highest BCUT2D eigenvalue weighted by Crippen LogP contribution is 2.24. The van der Waals surface area contributed by atoms with Gasteiger partial charge in [0.15, 0.2) is 11.6 Å². The average molecular weight is 309 g/mol. The first-order chi connectivity index (χ1) is 11.2. The molecular formula is C16H15N5O2. The first-order valence-corrected chi connectivity index (χ1v) is 6.89. The minimum atomic E-state index is -0.0469. The Hall–Kier alpha value is -3.35. The molecule has 1 aromatic carbocycles. The van der Waals surface area contributed by atoms with Crippen molar-refractivity contribution in [3.05, 3.63) is 60.0 Å². The second-order valence-corrected chi connectivity index (χ2v) is 4.94. The third kappa shape index (κ3) is 3.29. The molecular weight excluding hydrogens is 294 g/mol. The quantitative estimate of drug-likeness (QED) is 0.296. The SMILES string of the molecule is Cc1ccc(-c2cnc(Nc3ccc(/C(N)=N/O)nc3)o2)cc1. The summed E-state index contributed by atoms with van der Waals surface area (Å²) < 4.78 is 5.67. The second kappa shape index (κ2) is 6.18. The molecule has 0 unspecified atom stereocenters. The Morgan fingerprint density at radius 1 is 1.13 bits per heavy atom. The largest absolute Gasteiger partial charge is 0.423 e. The van der Waals surface area contributed by atoms with Gasteiger partial charge in [-0.05, 0) is 19.1 Å². The third-order valence-corrected chi connectivity index (χ3v) is 3.23. The minimum absolute atomic E-state index is 0.0469. The highest BCUT2D eigenvalue weighted by molar-refractivity contribution is 5.95. The lowest BCUT2D eigenvalue weighted by molar-refractivity contribution is 0.318. The number of nitrogens with two attached hydrogens (primary N) is 1. The van der Waals surface area contributed by atoms with Crippen LogP contribution in [0.2, 0.25) is 0 Å². The molecule has 3 aromatic rings. The van der Waals surface area contributed by atoms with Gasteiger partial charge < -0.3 is 20.7 Å². The highest BCUT2D eigenvalue weighted by atomic mass is 16.4. The van der Waals surface area contributed by atoms with Crippen molar-refractivity contribution in [3.63, 3.8) is 0 Å². The lowest BCUT2D eigenvalue weighted by atomic mass is 10.1. The van der Waals surface area contributed by atoms with Gasteiger partial charge in [-0.2, -0.15) is 0 Å². The number of amidine groups is 1. The number of aryl methyl sites for hydroxylation is 1. The maximum atomic E-state index is 8.60. The molecule has 116 valence electrons. The molecule has 2 aromatic heterocycles. The molecule has 2 heterocycles. The van der Waals surface area contributed by atoms with E-state index < -0.39 is 0 Å². The van der Waals surface area contributed by atoms with Crippen molar-refractivity contribution < 1.29 is 9.62 Å². The molecule has 0 atom stereocenters. The number of rotatable bonds is 4. The van der Waals surface area contributed by atoms with Crippen LogP contribution in [-0.4, -0.2) is 21.0 Å². The van der Waals surface area contributed by atoms with Crippen molar-refractivity contribution in [2.75, 3.05) is 5.32 Å². The van der Waals surface area contributed by atoms with E-state index >= 15 is 0 Å². The fourth-order valence-electron chi connectivity index (χ4n) is 1.98. The molecule has 7 nitrogen and oxygen atoms in total. The molecule has 0 aliphatic rings. The Kier molecular flexibility index (Phi) is 3.92. The zero-order chi connectivity index (χ0) is 16.2. The van der Waals surface area contributed by atoms with E-state index in [4.69, 9.17) is 15.4 Å². The van der Waals surface area contributed by atoms with E-state index in [1.54, 1.807) is 24.5 Å². The van der Waals surface area contributed by atoms with Crippen molar-refractivity contribution >= 4 is 17.5 Å². The number of hydrogen-bond acceptors (Lipinski definition) is 6. The number of oxime groups is 1. The molecule has 0 saturated heterocycles. The molecule has 0 aliphatic heterocycles. The maximum absolute atomic E-state index is 8.60. The topological polar surface area (TPSA) is 110 Å². The van der Waals surface area contributed by atoms with Crippen LogP contribution in [0, 0.1) is 6.92 Å². The Balaban J connectivity index is 1.75. The molecule has 0 aliphatic carbocycles. The van der Waals surface area contributed by atoms with Crippen LogP contribution in [0.3, 0.4) is 0 Å². The molecule has 0 saturated carbocycles. The first-order valence-electron chi connectivity index (χ1n) is 6.89. The first kappa shape index (κ1) is 14.6. The average Bonchev–Trinajstić information content (AvgIpc) is 3.04. The van der Waals surface area contributed by atoms with Gasteiger partial charge in [-0.25, -0.2) is 4.98 Å². The molecule has 0 spiro atoms. The number of nitrogens with zero attached hydrogens (tertiary/aromatic N) is 3. The van der Waals surface area contributed by atoms with E-state index in [2.05, 4.69) is 20.4 Å². The fraction of sp³-hybridized carbons (Fsp3) is 0.0625. The summed E-state index contributed by atoms with van der Waals surface area (Å²) in [6.45, 7) is 2.03. The Bertz CT molecular complexity index is 822. The van der Waals surface area contributed by atoms with E-state index in [9.17, 15) is 0 Å². The van der Waals surface area contributed by atoms with Crippen LogP contribution >= 0.6 is 0 Å². The second-order valence-electron chi connectivity index (χ2n) is 4.94. The summed E-state index contributed by atoms with van der Waals surface area (Å²) in [7, 11) is 0. The maximum Gasteiger partial charge on any atom is 0.299 e. The van der Waals surface area contributed by atoms with Gasteiger partial charge in [-0.3, -0.25) is 4.98 Å². The van der Waals surface area contributed by atoms with Crippen LogP contribution in [0.15, 0.2) is 58.4 Å². The van der Waals surface area contributed by atoms with Crippen LogP contribution in [0.4, 0.5) is 11.7 Å². The smallest absolute Gasteiger partial charge is 0.299 e. The summed E-state index contributed by atoms with van der Waals surface area (Å²) >= 11 is 0. The predicted molar refractivity (Wildman–Crippen MR) is 86.7 cm³/mol. The van der Waals surface area contributed by atoms with E-state index in [1.165, 1.54) is 5.56 Å². The molecule has 3 rings (SSSR count). The van der Waals surface area contributed by atoms with Crippen molar-refractivity contribution in [1.29, 1.82) is 0 Å². The molecule has 0 radical (unpaired) electrons. The molecule has 0 bridgehead atoms. The fourth-order valence-corrected chi connectivity index (χ4v) is 1.98. The Labute approximate surface area is 132 Å². The number of pyridine rings is 1. The van der Waals surface area contributed by atoms with Crippen molar-refractivity contribution in [2.45, 2.75) is 6.92 Å². The number of nitrogens with one attached hydrogen (secondary N) is 1. The van der Waals surface area contributed by atoms with Crippen molar-refractivity contribution in [1.82, 2.24) is 9.97 Å². The van der Waals surface area contributed by atoms with E-state index in [1.807, 2.05) is 31.2 Å². The molecule has 4 N–H and O–H groups in total. The van der Waals surface area contributed by atoms with Crippen LogP contribution in [0.1, 0.15) is 11.3 Å². The summed E-state index contributed by atoms with van der Waals surface area (Å²) in [6, 6.07) is 11.7. The lowest BCUT2D eigenvalue weighted by Gasteiger charge is -2.02. The Morgan fingerprint density at radius 3 is 2.57 bits per heavy atom.